The molecule has 15 heavy (non-hydrogen) atoms. The molecule has 0 aromatic carbocycles. The first-order valence-electron chi connectivity index (χ1n) is 4.51. The zero-order valence-electron chi connectivity index (χ0n) is 8.77. The molecule has 0 saturated carbocycles. The Balaban J connectivity index is 2.77. The number of methoxy groups -OCH3 is 1. The average Bonchev–Trinajstić information content (AvgIpc) is 2.20. The molecule has 0 aliphatic rings. The summed E-state index contributed by atoms with van der Waals surface area (Å²) in [5.41, 5.74) is 5.53. The molecule has 1 aromatic rings. The van der Waals surface area contributed by atoms with E-state index in [2.05, 4.69) is 4.74 Å². The van der Waals surface area contributed by atoms with Crippen molar-refractivity contribution in [3.8, 4) is 0 Å². The number of hydrogen-bond donors (Lipinski definition) is 1. The van der Waals surface area contributed by atoms with Gasteiger partial charge >= 0.3 is 5.97 Å². The highest BCUT2D eigenvalue weighted by Crippen LogP contribution is 2.10. The molecule has 1 heterocycles. The van der Waals surface area contributed by atoms with E-state index in [0.717, 1.165) is 5.56 Å². The van der Waals surface area contributed by atoms with E-state index >= 15 is 0 Å². The smallest absolute Gasteiger partial charge is 0.325 e. The Hall–Kier alpha value is -1.62. The largest absolute Gasteiger partial charge is 0.619 e. The molecule has 0 aliphatic carbocycles. The summed E-state index contributed by atoms with van der Waals surface area (Å²) in [6.07, 6.45) is 3.06. The number of pyridine rings is 1. The fourth-order valence-electron chi connectivity index (χ4n) is 1.29. The molecule has 5 heteroatoms. The molecule has 5 nitrogen and oxygen atoms in total. The van der Waals surface area contributed by atoms with Gasteiger partial charge in [0.05, 0.1) is 7.11 Å². The highest BCUT2D eigenvalue weighted by molar-refractivity contribution is 5.80. The van der Waals surface area contributed by atoms with Crippen molar-refractivity contribution in [1.82, 2.24) is 0 Å². The van der Waals surface area contributed by atoms with Crippen LogP contribution in [0.4, 0.5) is 0 Å². The molecule has 1 unspecified atom stereocenters. The van der Waals surface area contributed by atoms with Crippen LogP contribution in [-0.4, -0.2) is 18.6 Å². The number of nitrogens with zero attached hydrogens (tertiary/aromatic N) is 1. The molecule has 0 saturated heterocycles. The average molecular weight is 210 g/mol. The van der Waals surface area contributed by atoms with Crippen molar-refractivity contribution in [3.63, 3.8) is 0 Å². The van der Waals surface area contributed by atoms with Crippen molar-refractivity contribution in [2.75, 3.05) is 7.11 Å². The van der Waals surface area contributed by atoms with Gasteiger partial charge in [-0.1, -0.05) is 0 Å². The molecule has 0 amide bonds. The predicted molar refractivity (Wildman–Crippen MR) is 53.7 cm³/mol. The van der Waals surface area contributed by atoms with Crippen molar-refractivity contribution in [3.05, 3.63) is 35.3 Å². The standard InChI is InChI=1S/C10H14N2O3/c1-10(11,9(13)15-2)7-8-3-5-12(14)6-4-8/h3-6H,7,11H2,1-2H3. The normalized spacial score (nSPS) is 14.3. The number of nitrogens with two attached hydrogens (primary N) is 1. The summed E-state index contributed by atoms with van der Waals surface area (Å²) in [5, 5.41) is 10.8. The van der Waals surface area contributed by atoms with Crippen LogP contribution < -0.4 is 10.5 Å². The van der Waals surface area contributed by atoms with Crippen molar-refractivity contribution in [2.45, 2.75) is 18.9 Å². The van der Waals surface area contributed by atoms with Gasteiger partial charge in [-0.15, -0.1) is 0 Å². The van der Waals surface area contributed by atoms with Crippen LogP contribution >= 0.6 is 0 Å². The van der Waals surface area contributed by atoms with Gasteiger partial charge in [0, 0.05) is 18.6 Å². The first-order valence-corrected chi connectivity index (χ1v) is 4.51. The van der Waals surface area contributed by atoms with Crippen LogP contribution in [0.1, 0.15) is 12.5 Å². The molecule has 0 radical (unpaired) electrons. The van der Waals surface area contributed by atoms with Gasteiger partial charge in [0.25, 0.3) is 0 Å². The Morgan fingerprint density at radius 3 is 2.60 bits per heavy atom. The fourth-order valence-corrected chi connectivity index (χ4v) is 1.29. The van der Waals surface area contributed by atoms with Crippen molar-refractivity contribution < 1.29 is 14.3 Å². The molecular formula is C10H14N2O3. The second-order valence-corrected chi connectivity index (χ2v) is 3.65. The minimum Gasteiger partial charge on any atom is -0.619 e. The summed E-state index contributed by atoms with van der Waals surface area (Å²) in [4.78, 5) is 11.3. The zero-order valence-corrected chi connectivity index (χ0v) is 8.77. The summed E-state index contributed by atoms with van der Waals surface area (Å²) < 4.78 is 5.26. The zero-order chi connectivity index (χ0) is 11.5. The van der Waals surface area contributed by atoms with Crippen molar-refractivity contribution in [1.29, 1.82) is 0 Å². The molecule has 1 rings (SSSR count). The van der Waals surface area contributed by atoms with E-state index in [1.165, 1.54) is 19.5 Å². The van der Waals surface area contributed by atoms with E-state index in [0.29, 0.717) is 11.2 Å². The minimum absolute atomic E-state index is 0.334. The predicted octanol–water partition coefficient (Wildman–Crippen LogP) is -0.247. The third-order valence-electron chi connectivity index (χ3n) is 2.09. The SMILES string of the molecule is COC(=O)C(C)(N)Cc1cc[n+]([O-])cc1. The van der Waals surface area contributed by atoms with E-state index in [1.54, 1.807) is 19.1 Å². The number of rotatable bonds is 3. The Bertz CT molecular complexity index is 346. The highest BCUT2D eigenvalue weighted by Gasteiger charge is 2.29. The monoisotopic (exact) mass is 210 g/mol. The summed E-state index contributed by atoms with van der Waals surface area (Å²) in [5.74, 6) is -0.471. The lowest BCUT2D eigenvalue weighted by atomic mass is 9.95. The molecule has 1 atom stereocenters. The van der Waals surface area contributed by atoms with Gasteiger partial charge in [-0.2, -0.15) is 4.73 Å². The quantitative estimate of drug-likeness (QED) is 0.424. The van der Waals surface area contributed by atoms with Gasteiger partial charge in [-0.3, -0.25) is 4.79 Å². The van der Waals surface area contributed by atoms with Crippen LogP contribution in [-0.2, 0) is 16.0 Å². The summed E-state index contributed by atoms with van der Waals surface area (Å²) in [6, 6.07) is 3.25. The lowest BCUT2D eigenvalue weighted by molar-refractivity contribution is -0.605. The lowest BCUT2D eigenvalue weighted by Crippen LogP contribution is -2.47. The van der Waals surface area contributed by atoms with E-state index < -0.39 is 11.5 Å². The minimum atomic E-state index is -1.07. The first-order chi connectivity index (χ1) is 6.95. The Kier molecular flexibility index (Phi) is 3.26. The van der Waals surface area contributed by atoms with Gasteiger partial charge in [0.1, 0.15) is 5.54 Å². The topological polar surface area (TPSA) is 79.3 Å². The number of carbonyl (C=O) groups is 1. The molecule has 1 aromatic heterocycles. The van der Waals surface area contributed by atoms with E-state index in [4.69, 9.17) is 5.73 Å². The molecule has 0 spiro atoms. The third kappa shape index (κ3) is 2.92. The maximum Gasteiger partial charge on any atom is 0.325 e. The number of esters is 1. The van der Waals surface area contributed by atoms with Gasteiger partial charge in [-0.05, 0) is 12.5 Å². The van der Waals surface area contributed by atoms with Crippen LogP contribution in [0.2, 0.25) is 0 Å². The van der Waals surface area contributed by atoms with Gasteiger partial charge in [-0.25, -0.2) is 0 Å². The molecule has 0 fully saturated rings. The van der Waals surface area contributed by atoms with Crippen LogP contribution in [0.15, 0.2) is 24.5 Å². The summed E-state index contributed by atoms with van der Waals surface area (Å²) in [6.45, 7) is 1.59. The molecule has 82 valence electrons. The first kappa shape index (κ1) is 11.5. The number of carbonyl (C=O) groups excluding carboxylic acids is 1. The highest BCUT2D eigenvalue weighted by atomic mass is 16.5. The van der Waals surface area contributed by atoms with E-state index in [9.17, 15) is 10.0 Å². The third-order valence-corrected chi connectivity index (χ3v) is 2.09. The number of ether oxygens (including phenoxy) is 1. The van der Waals surface area contributed by atoms with Crippen LogP contribution in [0.25, 0.3) is 0 Å². The van der Waals surface area contributed by atoms with Gasteiger partial charge < -0.3 is 15.7 Å². The van der Waals surface area contributed by atoms with E-state index in [-0.39, 0.29) is 0 Å². The molecule has 0 aliphatic heterocycles. The Morgan fingerprint density at radius 1 is 1.60 bits per heavy atom. The molecule has 2 N–H and O–H groups in total. The summed E-state index contributed by atoms with van der Waals surface area (Å²) in [7, 11) is 1.30. The Labute approximate surface area is 88.0 Å². The second-order valence-electron chi connectivity index (χ2n) is 3.65. The maximum atomic E-state index is 11.3. The van der Waals surface area contributed by atoms with Gasteiger partial charge in [0.2, 0.25) is 0 Å². The summed E-state index contributed by atoms with van der Waals surface area (Å²) >= 11 is 0. The van der Waals surface area contributed by atoms with Crippen LogP contribution in [0, 0.1) is 5.21 Å². The van der Waals surface area contributed by atoms with Crippen LogP contribution in [0.5, 0.6) is 0 Å². The van der Waals surface area contributed by atoms with Crippen molar-refractivity contribution in [2.24, 2.45) is 5.73 Å². The van der Waals surface area contributed by atoms with Crippen molar-refractivity contribution >= 4 is 5.97 Å². The lowest BCUT2D eigenvalue weighted by Gasteiger charge is -2.20. The number of aromatic nitrogens is 1. The maximum absolute atomic E-state index is 11.3. The Morgan fingerprint density at radius 2 is 2.13 bits per heavy atom. The van der Waals surface area contributed by atoms with Gasteiger partial charge in [0.15, 0.2) is 12.4 Å². The second kappa shape index (κ2) is 4.27. The molecule has 0 bridgehead atoms. The number of hydrogen-bond acceptors (Lipinski definition) is 4. The van der Waals surface area contributed by atoms with Crippen LogP contribution in [0.3, 0.4) is 0 Å². The fraction of sp³-hybridized carbons (Fsp3) is 0.400. The molecular weight excluding hydrogens is 196 g/mol. The van der Waals surface area contributed by atoms with E-state index in [1.807, 2.05) is 0 Å².